The molecule has 0 amide bonds. The summed E-state index contributed by atoms with van der Waals surface area (Å²) in [4.78, 5) is 0. The van der Waals surface area contributed by atoms with Gasteiger partial charge in [0.25, 0.3) is 0 Å². The third kappa shape index (κ3) is 9.93. The molecule has 0 aromatic rings. The van der Waals surface area contributed by atoms with Crippen LogP contribution in [-0.4, -0.2) is 19.9 Å². The fourth-order valence-corrected chi connectivity index (χ4v) is 3.60. The minimum atomic E-state index is -2.82. The van der Waals surface area contributed by atoms with Crippen LogP contribution in [0.1, 0.15) is 84.5 Å². The quantitative estimate of drug-likeness (QED) is 0.483. The van der Waals surface area contributed by atoms with Gasteiger partial charge in [0.1, 0.15) is 9.84 Å². The van der Waals surface area contributed by atoms with E-state index in [2.05, 4.69) is 6.92 Å². The SMILES string of the molecule is CCCCCCCCCCCC(CC)S(C)(=O)=O. The molecule has 0 bridgehead atoms. The van der Waals surface area contributed by atoms with Crippen LogP contribution in [0.15, 0.2) is 0 Å². The Morgan fingerprint density at radius 1 is 0.778 bits per heavy atom. The summed E-state index contributed by atoms with van der Waals surface area (Å²) in [5.41, 5.74) is 0. The van der Waals surface area contributed by atoms with Crippen molar-refractivity contribution >= 4 is 9.84 Å². The Kier molecular flexibility index (Phi) is 10.8. The fourth-order valence-electron chi connectivity index (χ4n) is 2.40. The van der Waals surface area contributed by atoms with Gasteiger partial charge in [-0.2, -0.15) is 0 Å². The summed E-state index contributed by atoms with van der Waals surface area (Å²) in [6.07, 6.45) is 14.6. The summed E-state index contributed by atoms with van der Waals surface area (Å²) in [6.45, 7) is 4.21. The van der Waals surface area contributed by atoms with E-state index in [0.717, 1.165) is 19.3 Å². The van der Waals surface area contributed by atoms with E-state index in [1.54, 1.807) is 0 Å². The van der Waals surface area contributed by atoms with E-state index in [-0.39, 0.29) is 5.25 Å². The van der Waals surface area contributed by atoms with Gasteiger partial charge in [-0.25, -0.2) is 8.42 Å². The molecule has 0 aliphatic rings. The topological polar surface area (TPSA) is 34.1 Å². The summed E-state index contributed by atoms with van der Waals surface area (Å²) in [5, 5.41) is -0.109. The van der Waals surface area contributed by atoms with E-state index < -0.39 is 9.84 Å². The molecule has 0 radical (unpaired) electrons. The Labute approximate surface area is 114 Å². The molecule has 0 heterocycles. The Bertz CT molecular complexity index is 270. The van der Waals surface area contributed by atoms with Crippen LogP contribution in [0.5, 0.6) is 0 Å². The van der Waals surface area contributed by atoms with E-state index in [1.165, 1.54) is 57.6 Å². The van der Waals surface area contributed by atoms with Gasteiger partial charge in [0, 0.05) is 6.26 Å². The second kappa shape index (κ2) is 10.8. The van der Waals surface area contributed by atoms with Gasteiger partial charge in [-0.3, -0.25) is 0 Å². The van der Waals surface area contributed by atoms with E-state index in [9.17, 15) is 8.42 Å². The standard InChI is InChI=1S/C15H32O2S/c1-4-6-7-8-9-10-11-12-13-14-15(5-2)18(3,16)17/h15H,4-14H2,1-3H3. The summed E-state index contributed by atoms with van der Waals surface area (Å²) >= 11 is 0. The summed E-state index contributed by atoms with van der Waals surface area (Å²) in [6, 6.07) is 0. The molecule has 1 unspecified atom stereocenters. The Balaban J connectivity index is 3.39. The number of sulfone groups is 1. The van der Waals surface area contributed by atoms with Crippen molar-refractivity contribution in [3.05, 3.63) is 0 Å². The third-order valence-electron chi connectivity index (χ3n) is 3.69. The zero-order chi connectivity index (χ0) is 13.9. The molecule has 0 spiro atoms. The number of hydrogen-bond acceptors (Lipinski definition) is 2. The molecule has 0 aliphatic carbocycles. The maximum atomic E-state index is 11.4. The fraction of sp³-hybridized carbons (Fsp3) is 1.00. The molecule has 0 aromatic heterocycles. The first-order valence-electron chi connectivity index (χ1n) is 7.71. The van der Waals surface area contributed by atoms with Gasteiger partial charge >= 0.3 is 0 Å². The van der Waals surface area contributed by atoms with E-state index in [4.69, 9.17) is 0 Å². The van der Waals surface area contributed by atoms with Crippen LogP contribution in [0.2, 0.25) is 0 Å². The predicted molar refractivity (Wildman–Crippen MR) is 80.8 cm³/mol. The smallest absolute Gasteiger partial charge is 0.150 e. The zero-order valence-electron chi connectivity index (χ0n) is 12.6. The van der Waals surface area contributed by atoms with Crippen LogP contribution < -0.4 is 0 Å². The minimum Gasteiger partial charge on any atom is -0.229 e. The molecule has 0 fully saturated rings. The van der Waals surface area contributed by atoms with E-state index >= 15 is 0 Å². The van der Waals surface area contributed by atoms with Gasteiger partial charge < -0.3 is 0 Å². The average molecular weight is 276 g/mol. The van der Waals surface area contributed by atoms with Crippen LogP contribution in [0.4, 0.5) is 0 Å². The van der Waals surface area contributed by atoms with Gasteiger partial charge in [-0.15, -0.1) is 0 Å². The Hall–Kier alpha value is -0.0500. The minimum absolute atomic E-state index is 0.109. The molecule has 0 aliphatic heterocycles. The van der Waals surface area contributed by atoms with Gasteiger partial charge in [-0.05, 0) is 12.8 Å². The average Bonchev–Trinajstić information content (AvgIpc) is 2.30. The summed E-state index contributed by atoms with van der Waals surface area (Å²) < 4.78 is 22.9. The van der Waals surface area contributed by atoms with Crippen molar-refractivity contribution in [1.82, 2.24) is 0 Å². The molecule has 0 aromatic carbocycles. The van der Waals surface area contributed by atoms with Gasteiger partial charge in [-0.1, -0.05) is 71.6 Å². The molecule has 1 atom stereocenters. The van der Waals surface area contributed by atoms with E-state index in [1.807, 2.05) is 6.92 Å². The van der Waals surface area contributed by atoms with Crippen molar-refractivity contribution in [1.29, 1.82) is 0 Å². The maximum absolute atomic E-state index is 11.4. The highest BCUT2D eigenvalue weighted by Gasteiger charge is 2.17. The maximum Gasteiger partial charge on any atom is 0.150 e. The van der Waals surface area contributed by atoms with Crippen molar-refractivity contribution in [2.75, 3.05) is 6.26 Å². The van der Waals surface area contributed by atoms with Crippen molar-refractivity contribution in [3.8, 4) is 0 Å². The van der Waals surface area contributed by atoms with Crippen LogP contribution in [0, 0.1) is 0 Å². The molecule has 0 rings (SSSR count). The highest BCUT2D eigenvalue weighted by atomic mass is 32.2. The lowest BCUT2D eigenvalue weighted by Crippen LogP contribution is -2.18. The van der Waals surface area contributed by atoms with Crippen LogP contribution in [0.25, 0.3) is 0 Å². The van der Waals surface area contributed by atoms with E-state index in [0.29, 0.717) is 0 Å². The normalized spacial score (nSPS) is 13.7. The summed E-state index contributed by atoms with van der Waals surface area (Å²) in [5.74, 6) is 0. The molecule has 3 heteroatoms. The van der Waals surface area contributed by atoms with Crippen LogP contribution in [-0.2, 0) is 9.84 Å². The lowest BCUT2D eigenvalue weighted by Gasteiger charge is -2.12. The van der Waals surface area contributed by atoms with Crippen molar-refractivity contribution < 1.29 is 8.42 Å². The highest BCUT2D eigenvalue weighted by molar-refractivity contribution is 7.91. The highest BCUT2D eigenvalue weighted by Crippen LogP contribution is 2.15. The Morgan fingerprint density at radius 3 is 1.61 bits per heavy atom. The van der Waals surface area contributed by atoms with Crippen LogP contribution >= 0.6 is 0 Å². The lowest BCUT2D eigenvalue weighted by atomic mass is 10.1. The molecular weight excluding hydrogens is 244 g/mol. The second-order valence-corrected chi connectivity index (χ2v) is 7.80. The van der Waals surface area contributed by atoms with Crippen molar-refractivity contribution in [2.24, 2.45) is 0 Å². The third-order valence-corrected chi connectivity index (χ3v) is 5.47. The second-order valence-electron chi connectivity index (χ2n) is 5.48. The number of hydrogen-bond donors (Lipinski definition) is 0. The first-order chi connectivity index (χ1) is 8.52. The molecule has 110 valence electrons. The Morgan fingerprint density at radius 2 is 1.22 bits per heavy atom. The number of rotatable bonds is 12. The molecule has 2 nitrogen and oxygen atoms in total. The predicted octanol–water partition coefficient (Wildman–Crippen LogP) is 4.73. The first kappa shape index (κ1) is 17.9. The molecule has 0 saturated carbocycles. The lowest BCUT2D eigenvalue weighted by molar-refractivity contribution is 0.534. The van der Waals surface area contributed by atoms with Crippen molar-refractivity contribution in [2.45, 2.75) is 89.7 Å². The molecular formula is C15H32O2S. The number of unbranched alkanes of at least 4 members (excludes halogenated alkanes) is 8. The molecule has 18 heavy (non-hydrogen) atoms. The van der Waals surface area contributed by atoms with Gasteiger partial charge in [0.05, 0.1) is 5.25 Å². The zero-order valence-corrected chi connectivity index (χ0v) is 13.4. The summed E-state index contributed by atoms with van der Waals surface area (Å²) in [7, 11) is -2.82. The van der Waals surface area contributed by atoms with Gasteiger partial charge in [0.2, 0.25) is 0 Å². The largest absolute Gasteiger partial charge is 0.229 e. The van der Waals surface area contributed by atoms with Gasteiger partial charge in [0.15, 0.2) is 0 Å². The molecule has 0 saturated heterocycles. The first-order valence-corrected chi connectivity index (χ1v) is 9.66. The van der Waals surface area contributed by atoms with Crippen LogP contribution in [0.3, 0.4) is 0 Å². The molecule has 0 N–H and O–H groups in total. The monoisotopic (exact) mass is 276 g/mol. The van der Waals surface area contributed by atoms with Crippen molar-refractivity contribution in [3.63, 3.8) is 0 Å².